The number of urea groups is 1. The molecule has 42 heavy (non-hydrogen) atoms. The van der Waals surface area contributed by atoms with Crippen molar-refractivity contribution in [2.45, 2.75) is 58.6 Å². The molecule has 1 fully saturated rings. The standard InChI is InChI=1S/C30H38N6O6/c1-19(10-6-7-15-31-28(40)42-30(2,3)4)36-24-22(13-9-14-23(24)35-17-16-34(5)29(35)41)32-27(36)33-25(37)20-11-8-12-21(18-20)26(38)39/h8-9,11-14,18-19H,6-7,10,15-17H2,1-5H3,(H,31,40)(H,38,39)(H,32,33,37)/t19-/m1/s1. The van der Waals surface area contributed by atoms with Gasteiger partial charge in [0.05, 0.1) is 22.3 Å². The third-order valence-corrected chi connectivity index (χ3v) is 6.95. The molecule has 0 saturated carbocycles. The zero-order valence-corrected chi connectivity index (χ0v) is 24.6. The van der Waals surface area contributed by atoms with Crippen LogP contribution in [-0.4, -0.2) is 75.8 Å². The highest BCUT2D eigenvalue weighted by Gasteiger charge is 2.30. The van der Waals surface area contributed by atoms with Crippen molar-refractivity contribution in [3.05, 3.63) is 53.6 Å². The van der Waals surface area contributed by atoms with E-state index in [1.165, 1.54) is 18.2 Å². The van der Waals surface area contributed by atoms with Gasteiger partial charge in [-0.05, 0) is 77.3 Å². The highest BCUT2D eigenvalue weighted by Crippen LogP contribution is 2.35. The maximum Gasteiger partial charge on any atom is 0.407 e. The number of likely N-dealkylation sites (N-methyl/N-ethyl adjacent to an activating group) is 1. The molecule has 1 saturated heterocycles. The molecule has 224 valence electrons. The van der Waals surface area contributed by atoms with Crippen LogP contribution in [0.1, 0.15) is 73.7 Å². The Balaban J connectivity index is 1.60. The molecule has 2 heterocycles. The number of benzene rings is 2. The molecule has 1 aromatic heterocycles. The van der Waals surface area contributed by atoms with Gasteiger partial charge in [-0.2, -0.15) is 0 Å². The number of fused-ring (bicyclic) bond motifs is 1. The molecule has 3 N–H and O–H groups in total. The number of carbonyl (C=O) groups excluding carboxylic acids is 3. The van der Waals surface area contributed by atoms with Gasteiger partial charge in [-0.25, -0.2) is 19.4 Å². The van der Waals surface area contributed by atoms with Crippen LogP contribution < -0.4 is 15.5 Å². The number of nitrogens with zero attached hydrogens (tertiary/aromatic N) is 4. The van der Waals surface area contributed by atoms with Crippen LogP contribution in [0.5, 0.6) is 0 Å². The normalized spacial score (nSPS) is 14.3. The Morgan fingerprint density at radius 2 is 1.79 bits per heavy atom. The van der Waals surface area contributed by atoms with Crippen molar-refractivity contribution in [2.75, 3.05) is 36.9 Å². The van der Waals surface area contributed by atoms with Gasteiger partial charge in [-0.15, -0.1) is 0 Å². The van der Waals surface area contributed by atoms with Gasteiger partial charge in [0.25, 0.3) is 5.91 Å². The van der Waals surface area contributed by atoms with E-state index in [1.807, 2.05) is 50.5 Å². The van der Waals surface area contributed by atoms with E-state index in [1.54, 1.807) is 22.9 Å². The molecule has 4 amide bonds. The first kappa shape index (κ1) is 30.4. The zero-order valence-electron chi connectivity index (χ0n) is 24.6. The van der Waals surface area contributed by atoms with Gasteiger partial charge in [0, 0.05) is 38.3 Å². The number of hydrogen-bond donors (Lipinski definition) is 3. The van der Waals surface area contributed by atoms with Crippen LogP contribution in [0.2, 0.25) is 0 Å². The van der Waals surface area contributed by atoms with Crippen LogP contribution in [0.25, 0.3) is 11.0 Å². The molecule has 12 nitrogen and oxygen atoms in total. The fourth-order valence-electron chi connectivity index (χ4n) is 4.90. The largest absolute Gasteiger partial charge is 0.478 e. The van der Waals surface area contributed by atoms with Crippen molar-refractivity contribution in [1.82, 2.24) is 19.8 Å². The molecule has 0 radical (unpaired) electrons. The van der Waals surface area contributed by atoms with E-state index in [2.05, 4.69) is 10.6 Å². The first-order chi connectivity index (χ1) is 19.9. The van der Waals surface area contributed by atoms with Crippen molar-refractivity contribution in [3.63, 3.8) is 0 Å². The fraction of sp³-hybridized carbons (Fsp3) is 0.433. The summed E-state index contributed by atoms with van der Waals surface area (Å²) in [7, 11) is 1.75. The lowest BCUT2D eigenvalue weighted by atomic mass is 10.1. The summed E-state index contributed by atoms with van der Waals surface area (Å²) in [5.74, 6) is -1.33. The molecule has 2 aromatic carbocycles. The summed E-state index contributed by atoms with van der Waals surface area (Å²) in [4.78, 5) is 57.7. The molecular formula is C30H38N6O6. The van der Waals surface area contributed by atoms with Gasteiger partial charge in [0.2, 0.25) is 5.95 Å². The summed E-state index contributed by atoms with van der Waals surface area (Å²) in [6, 6.07) is 11.1. The first-order valence-corrected chi connectivity index (χ1v) is 14.0. The molecule has 4 rings (SSSR count). The zero-order chi connectivity index (χ0) is 30.6. The molecule has 1 aliphatic heterocycles. The number of aromatic nitrogens is 2. The third-order valence-electron chi connectivity index (χ3n) is 6.95. The van der Waals surface area contributed by atoms with Crippen LogP contribution in [0, 0.1) is 0 Å². The van der Waals surface area contributed by atoms with E-state index in [4.69, 9.17) is 9.72 Å². The lowest BCUT2D eigenvalue weighted by Crippen LogP contribution is -2.33. The summed E-state index contributed by atoms with van der Waals surface area (Å²) in [5, 5.41) is 15.0. The summed E-state index contributed by atoms with van der Waals surface area (Å²) in [5.41, 5.74) is 1.65. The van der Waals surface area contributed by atoms with Crippen LogP contribution in [0.15, 0.2) is 42.5 Å². The van der Waals surface area contributed by atoms with E-state index in [0.717, 1.165) is 11.9 Å². The van der Waals surface area contributed by atoms with Crippen molar-refractivity contribution in [2.24, 2.45) is 0 Å². The molecule has 0 bridgehead atoms. The second kappa shape index (κ2) is 12.5. The number of nitrogens with one attached hydrogen (secondary N) is 2. The highest BCUT2D eigenvalue weighted by atomic mass is 16.6. The SMILES string of the molecule is C[C@H](CCCCNC(=O)OC(C)(C)C)n1c(NC(=O)c2cccc(C(=O)O)c2)nc2cccc(N3CCN(C)C3=O)c21. The Bertz CT molecular complexity index is 1490. The fourth-order valence-corrected chi connectivity index (χ4v) is 4.90. The number of alkyl carbamates (subject to hydrolysis) is 1. The lowest BCUT2D eigenvalue weighted by molar-refractivity contribution is 0.0526. The number of carboxylic acids is 1. The van der Waals surface area contributed by atoms with Crippen molar-refractivity contribution in [1.29, 1.82) is 0 Å². The molecule has 1 atom stereocenters. The Hall–Kier alpha value is -4.61. The predicted octanol–water partition coefficient (Wildman–Crippen LogP) is 5.11. The molecule has 1 aliphatic rings. The Morgan fingerprint density at radius 1 is 1.07 bits per heavy atom. The van der Waals surface area contributed by atoms with E-state index in [0.29, 0.717) is 49.6 Å². The van der Waals surface area contributed by atoms with Gasteiger partial charge >= 0.3 is 18.1 Å². The topological polar surface area (TPSA) is 146 Å². The Kier molecular flexibility index (Phi) is 9.03. The maximum atomic E-state index is 13.3. The van der Waals surface area contributed by atoms with E-state index in [9.17, 15) is 24.3 Å². The second-order valence-corrected chi connectivity index (χ2v) is 11.4. The summed E-state index contributed by atoms with van der Waals surface area (Å²) < 4.78 is 7.22. The highest BCUT2D eigenvalue weighted by molar-refractivity contribution is 6.07. The average molecular weight is 579 g/mol. The predicted molar refractivity (Wildman–Crippen MR) is 159 cm³/mol. The third kappa shape index (κ3) is 6.99. The summed E-state index contributed by atoms with van der Waals surface area (Å²) in [6.07, 6.45) is 1.71. The quantitative estimate of drug-likeness (QED) is 0.283. The van der Waals surface area contributed by atoms with Crippen molar-refractivity contribution >= 4 is 46.7 Å². The lowest BCUT2D eigenvalue weighted by Gasteiger charge is -2.22. The number of anilines is 2. The van der Waals surface area contributed by atoms with Gasteiger partial charge in [-0.3, -0.25) is 15.0 Å². The number of para-hydroxylation sites is 1. The number of unbranched alkanes of at least 4 members (excludes halogenated alkanes) is 1. The smallest absolute Gasteiger partial charge is 0.407 e. The van der Waals surface area contributed by atoms with E-state index >= 15 is 0 Å². The molecule has 0 spiro atoms. The minimum Gasteiger partial charge on any atom is -0.478 e. The summed E-state index contributed by atoms with van der Waals surface area (Å²) >= 11 is 0. The molecule has 0 aliphatic carbocycles. The minimum absolute atomic E-state index is 0.00321. The van der Waals surface area contributed by atoms with Crippen LogP contribution in [-0.2, 0) is 4.74 Å². The van der Waals surface area contributed by atoms with Gasteiger partial charge in [-0.1, -0.05) is 12.1 Å². The minimum atomic E-state index is -1.13. The number of ether oxygens (including phenoxy) is 1. The van der Waals surface area contributed by atoms with Gasteiger partial charge < -0.3 is 24.6 Å². The van der Waals surface area contributed by atoms with Gasteiger partial charge in [0.1, 0.15) is 5.60 Å². The maximum absolute atomic E-state index is 13.3. The number of amides is 4. The van der Waals surface area contributed by atoms with Crippen molar-refractivity contribution < 1.29 is 29.0 Å². The average Bonchev–Trinajstić information content (AvgIpc) is 3.46. The van der Waals surface area contributed by atoms with Crippen LogP contribution in [0.4, 0.5) is 21.2 Å². The van der Waals surface area contributed by atoms with E-state index < -0.39 is 23.6 Å². The number of imidazole rings is 1. The van der Waals surface area contributed by atoms with Crippen LogP contribution in [0.3, 0.4) is 0 Å². The van der Waals surface area contributed by atoms with E-state index in [-0.39, 0.29) is 23.2 Å². The molecule has 0 unspecified atom stereocenters. The van der Waals surface area contributed by atoms with Crippen molar-refractivity contribution in [3.8, 4) is 0 Å². The Morgan fingerprint density at radius 3 is 2.45 bits per heavy atom. The molecule has 3 aromatic rings. The number of rotatable bonds is 10. The Labute approximate surface area is 244 Å². The van der Waals surface area contributed by atoms with Crippen LogP contribution >= 0.6 is 0 Å². The second-order valence-electron chi connectivity index (χ2n) is 11.4. The first-order valence-electron chi connectivity index (χ1n) is 14.0. The van der Waals surface area contributed by atoms with Gasteiger partial charge in [0.15, 0.2) is 0 Å². The number of hydrogen-bond acceptors (Lipinski definition) is 6. The number of carboxylic acid groups (broad SMARTS) is 1. The molecular weight excluding hydrogens is 540 g/mol. The number of aromatic carboxylic acids is 1. The monoisotopic (exact) mass is 578 g/mol. The molecule has 12 heteroatoms. The summed E-state index contributed by atoms with van der Waals surface area (Å²) in [6.45, 7) is 9.01. The number of carbonyl (C=O) groups is 4.